The molecule has 1 aliphatic rings. The van der Waals surface area contributed by atoms with Crippen LogP contribution in [0.25, 0.3) is 16.3 Å². The molecule has 2 N–H and O–H groups in total. The van der Waals surface area contributed by atoms with E-state index in [1.54, 1.807) is 6.07 Å². The first-order chi connectivity index (χ1) is 14.3. The molecule has 0 saturated carbocycles. The zero-order valence-electron chi connectivity index (χ0n) is 16.3. The molecule has 0 radical (unpaired) electrons. The van der Waals surface area contributed by atoms with E-state index < -0.39 is 34.0 Å². The highest BCUT2D eigenvalue weighted by atomic mass is 32.2. The quantitative estimate of drug-likeness (QED) is 0.545. The summed E-state index contributed by atoms with van der Waals surface area (Å²) in [6, 6.07) is 11.9. The van der Waals surface area contributed by atoms with Crippen LogP contribution < -0.4 is 10.5 Å². The van der Waals surface area contributed by atoms with E-state index in [9.17, 15) is 18.0 Å². The van der Waals surface area contributed by atoms with Crippen molar-refractivity contribution in [3.8, 4) is 5.75 Å². The fourth-order valence-electron chi connectivity index (χ4n) is 3.65. The van der Waals surface area contributed by atoms with Crippen molar-refractivity contribution in [2.24, 2.45) is 5.73 Å². The van der Waals surface area contributed by atoms with Crippen LogP contribution in [0.2, 0.25) is 0 Å². The number of ketones is 1. The normalized spacial score (nSPS) is 16.6. The molecule has 0 aromatic heterocycles. The Morgan fingerprint density at radius 2 is 1.83 bits per heavy atom. The number of carbonyl (C=O) groups excluding carboxylic acids is 1. The Balaban J connectivity index is 1.84. The third kappa shape index (κ3) is 3.23. The van der Waals surface area contributed by atoms with E-state index in [1.165, 1.54) is 0 Å². The summed E-state index contributed by atoms with van der Waals surface area (Å²) in [6.07, 6.45) is 0. The number of hydrogen-bond acceptors (Lipinski definition) is 4. The van der Waals surface area contributed by atoms with Crippen LogP contribution in [0.4, 0.5) is 13.2 Å². The van der Waals surface area contributed by atoms with Crippen LogP contribution in [0.3, 0.4) is 0 Å². The molecule has 0 fully saturated rings. The molecular formula is C23H18F3NO2S. The Bertz CT molecular complexity index is 1220. The van der Waals surface area contributed by atoms with Crippen molar-refractivity contribution in [3.63, 3.8) is 0 Å². The number of thioether (sulfide) groups is 1. The minimum Gasteiger partial charge on any atom is -0.494 e. The van der Waals surface area contributed by atoms with E-state index in [2.05, 4.69) is 0 Å². The lowest BCUT2D eigenvalue weighted by molar-refractivity contribution is -0.113. The van der Waals surface area contributed by atoms with Gasteiger partial charge in [0.1, 0.15) is 11.6 Å². The number of ether oxygens (including phenoxy) is 1. The first-order valence-corrected chi connectivity index (χ1v) is 10.2. The summed E-state index contributed by atoms with van der Waals surface area (Å²) in [5.41, 5.74) is 5.81. The van der Waals surface area contributed by atoms with Crippen molar-refractivity contribution in [1.82, 2.24) is 0 Å². The summed E-state index contributed by atoms with van der Waals surface area (Å²) in [5, 5.41) is 1.04. The predicted molar refractivity (Wildman–Crippen MR) is 113 cm³/mol. The van der Waals surface area contributed by atoms with Gasteiger partial charge >= 0.3 is 0 Å². The minimum absolute atomic E-state index is 0.0696. The van der Waals surface area contributed by atoms with Crippen molar-refractivity contribution < 1.29 is 22.7 Å². The predicted octanol–water partition coefficient (Wildman–Crippen LogP) is 5.65. The highest BCUT2D eigenvalue weighted by molar-refractivity contribution is 8.04. The van der Waals surface area contributed by atoms with Crippen LogP contribution in [0.5, 0.6) is 5.75 Å². The standard InChI is InChI=1S/C23H18F3NO2S/c1-3-29-13-8-12-6-4-5-7-14(12)15(9-13)22-21(28)18(23(27)30-22)16-10-17(24)20(26)11(2)19(16)25/h4-10,22H,3,27H2,1-2H3. The maximum absolute atomic E-state index is 14.7. The molecular weight excluding hydrogens is 411 g/mol. The van der Waals surface area contributed by atoms with Gasteiger partial charge in [-0.1, -0.05) is 36.0 Å². The van der Waals surface area contributed by atoms with Gasteiger partial charge in [-0.25, -0.2) is 13.2 Å². The second kappa shape index (κ2) is 7.72. The van der Waals surface area contributed by atoms with Crippen LogP contribution in [0, 0.1) is 24.4 Å². The van der Waals surface area contributed by atoms with Crippen LogP contribution in [-0.2, 0) is 4.79 Å². The Kier molecular flexibility index (Phi) is 5.24. The van der Waals surface area contributed by atoms with E-state index in [0.29, 0.717) is 24.0 Å². The van der Waals surface area contributed by atoms with E-state index in [1.807, 2.05) is 37.3 Å². The van der Waals surface area contributed by atoms with Gasteiger partial charge in [0.05, 0.1) is 22.5 Å². The second-order valence-electron chi connectivity index (χ2n) is 6.93. The Morgan fingerprint density at radius 1 is 1.10 bits per heavy atom. The largest absolute Gasteiger partial charge is 0.494 e. The molecule has 1 aliphatic heterocycles. The van der Waals surface area contributed by atoms with E-state index in [4.69, 9.17) is 10.5 Å². The second-order valence-corrected chi connectivity index (χ2v) is 8.07. The van der Waals surface area contributed by atoms with Crippen LogP contribution in [0.15, 0.2) is 47.5 Å². The lowest BCUT2D eigenvalue weighted by atomic mass is 9.93. The molecule has 0 aliphatic carbocycles. The van der Waals surface area contributed by atoms with Crippen molar-refractivity contribution >= 4 is 33.9 Å². The number of nitrogens with two attached hydrogens (primary N) is 1. The van der Waals surface area contributed by atoms with Crippen molar-refractivity contribution in [3.05, 3.63) is 81.6 Å². The fraction of sp³-hybridized carbons (Fsp3) is 0.174. The topological polar surface area (TPSA) is 52.3 Å². The summed E-state index contributed by atoms with van der Waals surface area (Å²) in [7, 11) is 0. The molecule has 0 saturated heterocycles. The summed E-state index contributed by atoms with van der Waals surface area (Å²) in [5.74, 6) is -3.36. The van der Waals surface area contributed by atoms with Gasteiger partial charge in [0.2, 0.25) is 0 Å². The molecule has 30 heavy (non-hydrogen) atoms. The summed E-state index contributed by atoms with van der Waals surface area (Å²) < 4.78 is 48.0. The number of halogens is 3. The van der Waals surface area contributed by atoms with E-state index in [0.717, 1.165) is 29.5 Å². The third-order valence-electron chi connectivity index (χ3n) is 5.08. The third-order valence-corrected chi connectivity index (χ3v) is 6.24. The van der Waals surface area contributed by atoms with Gasteiger partial charge in [-0.05, 0) is 48.4 Å². The molecule has 0 bridgehead atoms. The van der Waals surface area contributed by atoms with Crippen LogP contribution in [0.1, 0.15) is 28.9 Å². The maximum atomic E-state index is 14.7. The number of fused-ring (bicyclic) bond motifs is 1. The molecule has 4 rings (SSSR count). The highest BCUT2D eigenvalue weighted by Gasteiger charge is 2.38. The van der Waals surface area contributed by atoms with Crippen LogP contribution >= 0.6 is 11.8 Å². The van der Waals surface area contributed by atoms with Gasteiger partial charge in [0.15, 0.2) is 17.4 Å². The molecule has 0 spiro atoms. The monoisotopic (exact) mass is 429 g/mol. The molecule has 1 unspecified atom stereocenters. The first-order valence-electron chi connectivity index (χ1n) is 9.34. The van der Waals surface area contributed by atoms with Gasteiger partial charge in [-0.15, -0.1) is 0 Å². The number of Topliss-reactive ketones (excluding diaryl/α,β-unsaturated/α-hetero) is 1. The summed E-state index contributed by atoms with van der Waals surface area (Å²) >= 11 is 1.07. The molecule has 3 aromatic rings. The number of benzene rings is 3. The zero-order valence-corrected chi connectivity index (χ0v) is 17.1. The SMILES string of the molecule is CCOc1cc(C2SC(N)=C(c3cc(F)c(F)c(C)c3F)C2=O)c2ccccc2c1. The van der Waals surface area contributed by atoms with Gasteiger partial charge in [-0.3, -0.25) is 4.79 Å². The average Bonchev–Trinajstić information content (AvgIpc) is 3.02. The Labute approximate surface area is 175 Å². The Hall–Kier alpha value is -2.93. The van der Waals surface area contributed by atoms with E-state index in [-0.39, 0.29) is 16.2 Å². The lowest BCUT2D eigenvalue weighted by Gasteiger charge is -2.15. The van der Waals surface area contributed by atoms with Crippen molar-refractivity contribution in [2.45, 2.75) is 19.1 Å². The highest BCUT2D eigenvalue weighted by Crippen LogP contribution is 2.49. The van der Waals surface area contributed by atoms with Crippen LogP contribution in [-0.4, -0.2) is 12.4 Å². The lowest BCUT2D eigenvalue weighted by Crippen LogP contribution is -2.10. The number of rotatable bonds is 4. The van der Waals surface area contributed by atoms with Crippen molar-refractivity contribution in [1.29, 1.82) is 0 Å². The van der Waals surface area contributed by atoms with Gasteiger partial charge in [0.25, 0.3) is 0 Å². The molecule has 3 nitrogen and oxygen atoms in total. The molecule has 1 heterocycles. The smallest absolute Gasteiger partial charge is 0.184 e. The fourth-order valence-corrected chi connectivity index (χ4v) is 4.78. The Morgan fingerprint density at radius 3 is 2.57 bits per heavy atom. The average molecular weight is 429 g/mol. The van der Waals surface area contributed by atoms with Crippen molar-refractivity contribution in [2.75, 3.05) is 6.61 Å². The van der Waals surface area contributed by atoms with Gasteiger partial charge in [-0.2, -0.15) is 0 Å². The van der Waals surface area contributed by atoms with E-state index >= 15 is 0 Å². The number of hydrogen-bond donors (Lipinski definition) is 1. The van der Waals surface area contributed by atoms with Gasteiger partial charge < -0.3 is 10.5 Å². The molecule has 7 heteroatoms. The zero-order chi connectivity index (χ0) is 21.6. The molecule has 3 aromatic carbocycles. The van der Waals surface area contributed by atoms with Gasteiger partial charge in [0, 0.05) is 11.1 Å². The summed E-state index contributed by atoms with van der Waals surface area (Å²) in [4.78, 5) is 13.3. The first kappa shape index (κ1) is 20.3. The number of allylic oxidation sites excluding steroid dienone is 1. The summed E-state index contributed by atoms with van der Waals surface area (Å²) in [6.45, 7) is 3.43. The minimum atomic E-state index is -1.28. The molecule has 154 valence electrons. The molecule has 0 amide bonds. The number of carbonyl (C=O) groups is 1. The maximum Gasteiger partial charge on any atom is 0.184 e. The molecule has 1 atom stereocenters.